The molecule has 226 valence electrons. The minimum absolute atomic E-state index is 0.166. The lowest BCUT2D eigenvalue weighted by Gasteiger charge is -2.31. The number of carbonyl (C=O) groups excluding carboxylic acids is 4. The highest BCUT2D eigenvalue weighted by atomic mass is 19.1. The minimum Gasteiger partial charge on any atom is -0.378 e. The first kappa shape index (κ1) is 31.1. The molecule has 4 rings (SSSR count). The molecule has 2 aliphatic rings. The summed E-state index contributed by atoms with van der Waals surface area (Å²) in [5, 5.41) is 8.00. The van der Waals surface area contributed by atoms with Gasteiger partial charge in [-0.2, -0.15) is 0 Å². The number of ether oxygens (including phenoxy) is 2. The van der Waals surface area contributed by atoms with Gasteiger partial charge in [-0.3, -0.25) is 14.4 Å². The molecule has 10 nitrogen and oxygen atoms in total. The average molecular weight is 583 g/mol. The first-order valence-corrected chi connectivity index (χ1v) is 14.5. The summed E-state index contributed by atoms with van der Waals surface area (Å²) in [4.78, 5) is 54.4. The van der Waals surface area contributed by atoms with Gasteiger partial charge in [0.1, 0.15) is 17.9 Å². The maximum atomic E-state index is 13.7. The number of ketones is 1. The van der Waals surface area contributed by atoms with E-state index >= 15 is 0 Å². The second kappa shape index (κ2) is 16.0. The molecule has 4 amide bonds. The number of amides is 4. The van der Waals surface area contributed by atoms with Crippen LogP contribution in [-0.2, 0) is 30.5 Å². The molecule has 2 aromatic carbocycles. The van der Waals surface area contributed by atoms with Gasteiger partial charge >= 0.3 is 6.03 Å². The SMILES string of the molecule is O=C(Nc1ccc(F)cc1)C(=O)[C@@H](COCc1ccccc1)NC(=O)[C@H](CC1CCCCC1)NC(=O)N1CCOCC1. The van der Waals surface area contributed by atoms with Crippen LogP contribution in [0.5, 0.6) is 0 Å². The molecule has 1 saturated carbocycles. The van der Waals surface area contributed by atoms with E-state index in [9.17, 15) is 23.6 Å². The Balaban J connectivity index is 1.46. The number of urea groups is 1. The van der Waals surface area contributed by atoms with Crippen LogP contribution in [0.25, 0.3) is 0 Å². The quantitative estimate of drug-likeness (QED) is 0.330. The van der Waals surface area contributed by atoms with Gasteiger partial charge in [0.25, 0.3) is 5.91 Å². The van der Waals surface area contributed by atoms with Crippen molar-refractivity contribution >= 4 is 29.3 Å². The Kier molecular flexibility index (Phi) is 11.8. The predicted octanol–water partition coefficient (Wildman–Crippen LogP) is 3.42. The molecule has 0 spiro atoms. The van der Waals surface area contributed by atoms with Gasteiger partial charge in [-0.15, -0.1) is 0 Å². The first-order chi connectivity index (χ1) is 20.4. The lowest BCUT2D eigenvalue weighted by molar-refractivity contribution is -0.139. The number of nitrogens with one attached hydrogen (secondary N) is 3. The Morgan fingerprint density at radius 1 is 0.905 bits per heavy atom. The molecule has 0 bridgehead atoms. The monoisotopic (exact) mass is 582 g/mol. The zero-order valence-electron chi connectivity index (χ0n) is 23.7. The average Bonchev–Trinajstić information content (AvgIpc) is 3.02. The van der Waals surface area contributed by atoms with E-state index in [2.05, 4.69) is 16.0 Å². The second-order valence-electron chi connectivity index (χ2n) is 10.7. The van der Waals surface area contributed by atoms with Gasteiger partial charge < -0.3 is 30.3 Å². The molecule has 1 aliphatic heterocycles. The Morgan fingerprint density at radius 3 is 2.29 bits per heavy atom. The molecular weight excluding hydrogens is 543 g/mol. The molecule has 1 saturated heterocycles. The fraction of sp³-hybridized carbons (Fsp3) is 0.484. The summed E-state index contributed by atoms with van der Waals surface area (Å²) in [6, 6.07) is 11.7. The molecule has 0 aromatic heterocycles. The minimum atomic E-state index is -1.31. The van der Waals surface area contributed by atoms with Crippen molar-refractivity contribution in [2.45, 2.75) is 57.2 Å². The van der Waals surface area contributed by atoms with Crippen molar-refractivity contribution < 1.29 is 33.0 Å². The number of Topliss-reactive ketones (excluding diaryl/α,β-unsaturated/α-hetero) is 1. The van der Waals surface area contributed by atoms with Crippen molar-refractivity contribution in [1.82, 2.24) is 15.5 Å². The van der Waals surface area contributed by atoms with Crippen LogP contribution < -0.4 is 16.0 Å². The van der Waals surface area contributed by atoms with Gasteiger partial charge in [0, 0.05) is 18.8 Å². The van der Waals surface area contributed by atoms with Crippen molar-refractivity contribution in [2.24, 2.45) is 5.92 Å². The number of anilines is 1. The van der Waals surface area contributed by atoms with Crippen LogP contribution in [0.1, 0.15) is 44.1 Å². The van der Waals surface area contributed by atoms with Crippen molar-refractivity contribution in [3.05, 3.63) is 66.0 Å². The molecule has 3 N–H and O–H groups in total. The molecule has 42 heavy (non-hydrogen) atoms. The van der Waals surface area contributed by atoms with E-state index < -0.39 is 35.5 Å². The zero-order chi connectivity index (χ0) is 29.7. The number of nitrogens with zero attached hydrogens (tertiary/aromatic N) is 1. The first-order valence-electron chi connectivity index (χ1n) is 14.5. The lowest BCUT2D eigenvalue weighted by Crippen LogP contribution is -2.57. The van der Waals surface area contributed by atoms with Crippen LogP contribution in [0.15, 0.2) is 54.6 Å². The van der Waals surface area contributed by atoms with Crippen LogP contribution in [-0.4, -0.2) is 73.5 Å². The van der Waals surface area contributed by atoms with Gasteiger partial charge in [-0.25, -0.2) is 9.18 Å². The molecule has 1 heterocycles. The summed E-state index contributed by atoms with van der Waals surface area (Å²) in [7, 11) is 0. The van der Waals surface area contributed by atoms with Crippen LogP contribution in [0, 0.1) is 11.7 Å². The van der Waals surface area contributed by atoms with E-state index in [4.69, 9.17) is 9.47 Å². The molecule has 11 heteroatoms. The molecule has 0 radical (unpaired) electrons. The fourth-order valence-corrected chi connectivity index (χ4v) is 5.20. The third-order valence-electron chi connectivity index (χ3n) is 7.56. The van der Waals surface area contributed by atoms with Crippen molar-refractivity contribution in [3.8, 4) is 0 Å². The van der Waals surface area contributed by atoms with E-state index in [1.54, 1.807) is 4.90 Å². The third-order valence-corrected chi connectivity index (χ3v) is 7.56. The number of benzene rings is 2. The van der Waals surface area contributed by atoms with Crippen molar-refractivity contribution in [1.29, 1.82) is 0 Å². The Hall–Kier alpha value is -3.83. The predicted molar refractivity (Wildman–Crippen MR) is 154 cm³/mol. The Morgan fingerprint density at radius 2 is 1.60 bits per heavy atom. The van der Waals surface area contributed by atoms with E-state index in [1.807, 2.05) is 30.3 Å². The van der Waals surface area contributed by atoms with Crippen LogP contribution >= 0.6 is 0 Å². The largest absolute Gasteiger partial charge is 0.378 e. The van der Waals surface area contributed by atoms with Gasteiger partial charge in [-0.05, 0) is 42.2 Å². The maximum absolute atomic E-state index is 13.7. The number of hydrogen-bond acceptors (Lipinski definition) is 6. The molecule has 2 aromatic rings. The highest BCUT2D eigenvalue weighted by molar-refractivity contribution is 6.42. The Bertz CT molecular complexity index is 1180. The molecular formula is C31H39FN4O6. The van der Waals surface area contributed by atoms with Crippen molar-refractivity contribution in [3.63, 3.8) is 0 Å². The Labute approximate surface area is 245 Å². The molecule has 2 atom stereocenters. The number of halogens is 1. The zero-order valence-corrected chi connectivity index (χ0v) is 23.7. The summed E-state index contributed by atoms with van der Waals surface area (Å²) in [6.07, 6.45) is 5.62. The van der Waals surface area contributed by atoms with Gasteiger partial charge in [-0.1, -0.05) is 62.4 Å². The molecule has 0 unspecified atom stereocenters. The third kappa shape index (κ3) is 9.63. The van der Waals surface area contributed by atoms with Crippen LogP contribution in [0.3, 0.4) is 0 Å². The van der Waals surface area contributed by atoms with Gasteiger partial charge in [0.05, 0.1) is 26.4 Å². The summed E-state index contributed by atoms with van der Waals surface area (Å²) < 4.78 is 24.4. The smallest absolute Gasteiger partial charge is 0.318 e. The van der Waals surface area contributed by atoms with Gasteiger partial charge in [0.2, 0.25) is 11.7 Å². The van der Waals surface area contributed by atoms with E-state index in [-0.39, 0.29) is 30.9 Å². The fourth-order valence-electron chi connectivity index (χ4n) is 5.20. The molecule has 1 aliphatic carbocycles. The number of hydrogen-bond donors (Lipinski definition) is 3. The highest BCUT2D eigenvalue weighted by Gasteiger charge is 2.33. The second-order valence-corrected chi connectivity index (χ2v) is 10.7. The highest BCUT2D eigenvalue weighted by Crippen LogP contribution is 2.27. The maximum Gasteiger partial charge on any atom is 0.318 e. The summed E-state index contributed by atoms with van der Waals surface area (Å²) in [5.74, 6) is -2.68. The van der Waals surface area contributed by atoms with E-state index in [0.717, 1.165) is 49.8 Å². The summed E-state index contributed by atoms with van der Waals surface area (Å²) >= 11 is 0. The van der Waals surface area contributed by atoms with Crippen molar-refractivity contribution in [2.75, 3.05) is 38.2 Å². The number of rotatable bonds is 12. The summed E-state index contributed by atoms with van der Waals surface area (Å²) in [5.41, 5.74) is 1.09. The molecule has 2 fully saturated rings. The summed E-state index contributed by atoms with van der Waals surface area (Å²) in [6.45, 7) is 1.59. The standard InChI is InChI=1S/C31H39FN4O6/c32-24-11-13-25(14-12-24)33-30(39)28(37)27(21-42-20-23-9-5-2-6-10-23)34-29(38)26(19-22-7-3-1-4-8-22)35-31(40)36-15-17-41-18-16-36/h2,5-6,9-14,22,26-27H,1,3-4,7-8,15-21H2,(H,33,39)(H,34,38)(H,35,40)/t26-,27+/m0/s1. The van der Waals surface area contributed by atoms with Crippen LogP contribution in [0.4, 0.5) is 14.9 Å². The number of carbonyl (C=O) groups is 4. The lowest BCUT2D eigenvalue weighted by atomic mass is 9.84. The van der Waals surface area contributed by atoms with Crippen LogP contribution in [0.2, 0.25) is 0 Å². The number of morpholine rings is 1. The normalized spacial score (nSPS) is 17.1. The van der Waals surface area contributed by atoms with E-state index in [0.29, 0.717) is 32.7 Å². The van der Waals surface area contributed by atoms with E-state index in [1.165, 1.54) is 12.1 Å². The topological polar surface area (TPSA) is 126 Å². The van der Waals surface area contributed by atoms with Gasteiger partial charge in [0.15, 0.2) is 0 Å².